The number of carbonyl (C=O) groups is 1. The molecule has 6 atom stereocenters. The highest BCUT2D eigenvalue weighted by Gasteiger charge is 2.45. The number of rotatable bonds is 6. The first-order valence-electron chi connectivity index (χ1n) is 14.8. The maximum absolute atomic E-state index is 13.9. The minimum Gasteiger partial charge on any atom is -0.464 e. The minimum absolute atomic E-state index is 0.000987. The average molecular weight is 521 g/mol. The zero-order valence-electron chi connectivity index (χ0n) is 22.5. The van der Waals surface area contributed by atoms with Gasteiger partial charge in [-0.2, -0.15) is 0 Å². The van der Waals surface area contributed by atoms with Crippen LogP contribution in [-0.4, -0.2) is 45.2 Å². The predicted octanol–water partition coefficient (Wildman–Crippen LogP) is 5.68. The Morgan fingerprint density at radius 2 is 1.63 bits per heavy atom. The third-order valence-electron chi connectivity index (χ3n) is 9.84. The molecule has 0 radical (unpaired) electrons. The summed E-state index contributed by atoms with van der Waals surface area (Å²) in [5.74, 6) is 0.939. The lowest BCUT2D eigenvalue weighted by atomic mass is 9.73. The van der Waals surface area contributed by atoms with E-state index in [0.29, 0.717) is 23.6 Å². The van der Waals surface area contributed by atoms with Crippen LogP contribution in [0.3, 0.4) is 0 Å². The van der Waals surface area contributed by atoms with E-state index in [9.17, 15) is 14.5 Å². The molecular formula is C30H40N4O4. The van der Waals surface area contributed by atoms with Crippen molar-refractivity contribution in [3.63, 3.8) is 0 Å². The zero-order valence-corrected chi connectivity index (χ0v) is 22.5. The van der Waals surface area contributed by atoms with Gasteiger partial charge in [-0.25, -0.2) is 9.78 Å². The molecule has 8 heteroatoms. The molecule has 8 nitrogen and oxygen atoms in total. The van der Waals surface area contributed by atoms with Crippen LogP contribution in [0.5, 0.6) is 0 Å². The highest BCUT2D eigenvalue weighted by Crippen LogP contribution is 2.47. The van der Waals surface area contributed by atoms with Gasteiger partial charge in [0.1, 0.15) is 5.69 Å². The monoisotopic (exact) mass is 520 g/mol. The Kier molecular flexibility index (Phi) is 7.34. The first kappa shape index (κ1) is 25.7. The topological polar surface area (TPSA) is 93.9 Å². The molecule has 0 spiro atoms. The number of ether oxygens (including phenoxy) is 1. The molecule has 4 aliphatic rings. The van der Waals surface area contributed by atoms with Crippen molar-refractivity contribution in [2.45, 2.75) is 114 Å². The smallest absolute Gasteiger partial charge is 0.341 e. The second-order valence-electron chi connectivity index (χ2n) is 12.1. The van der Waals surface area contributed by atoms with Crippen LogP contribution in [0.1, 0.15) is 102 Å². The van der Waals surface area contributed by atoms with Crippen LogP contribution < -0.4 is 5.56 Å². The van der Waals surface area contributed by atoms with E-state index in [0.717, 1.165) is 30.2 Å². The second-order valence-corrected chi connectivity index (χ2v) is 12.1. The average Bonchev–Trinajstić information content (AvgIpc) is 3.08. The molecular weight excluding hydrogens is 480 g/mol. The molecule has 38 heavy (non-hydrogen) atoms. The van der Waals surface area contributed by atoms with E-state index in [1.165, 1.54) is 64.2 Å². The van der Waals surface area contributed by atoms with Crippen LogP contribution in [0.2, 0.25) is 0 Å². The summed E-state index contributed by atoms with van der Waals surface area (Å²) >= 11 is 0. The SMILES string of the molecule is CCOC(=O)C(N=O)c1nc2ccccc2n(C2C[C@H]3CCC[C@@H](C2)N3C2CC3CCCCC(C3)C2)c1=O. The van der Waals surface area contributed by atoms with Gasteiger partial charge in [0.05, 0.1) is 17.6 Å². The number of esters is 1. The quantitative estimate of drug-likeness (QED) is 0.359. The first-order chi connectivity index (χ1) is 18.6. The van der Waals surface area contributed by atoms with Crippen molar-refractivity contribution in [3.8, 4) is 0 Å². The third kappa shape index (κ3) is 4.69. The van der Waals surface area contributed by atoms with Crippen LogP contribution in [0.25, 0.3) is 11.0 Å². The Bertz CT molecular complexity index is 1220. The molecule has 2 aliphatic carbocycles. The van der Waals surface area contributed by atoms with Crippen LogP contribution in [0.15, 0.2) is 34.2 Å². The fourth-order valence-electron chi connectivity index (χ4n) is 8.45. The molecule has 204 valence electrons. The molecule has 2 aromatic rings. The Labute approximate surface area is 224 Å². The lowest BCUT2D eigenvalue weighted by Gasteiger charge is -2.54. The number of nitroso groups, excluding NO2 is 1. The van der Waals surface area contributed by atoms with E-state index in [-0.39, 0.29) is 23.9 Å². The molecule has 0 N–H and O–H groups in total. The lowest BCUT2D eigenvalue weighted by molar-refractivity contribution is -0.144. The highest BCUT2D eigenvalue weighted by atomic mass is 16.5. The Balaban J connectivity index is 1.34. The predicted molar refractivity (Wildman–Crippen MR) is 146 cm³/mol. The fraction of sp³-hybridized carbons (Fsp3) is 0.700. The van der Waals surface area contributed by atoms with E-state index in [1.807, 2.05) is 28.8 Å². The molecule has 2 saturated carbocycles. The van der Waals surface area contributed by atoms with Gasteiger partial charge in [-0.15, -0.1) is 4.91 Å². The maximum atomic E-state index is 13.9. The number of hydrogen-bond acceptors (Lipinski definition) is 7. The van der Waals surface area contributed by atoms with Gasteiger partial charge in [0, 0.05) is 24.2 Å². The molecule has 1 aromatic carbocycles. The van der Waals surface area contributed by atoms with Crippen LogP contribution >= 0.6 is 0 Å². The van der Waals surface area contributed by atoms with Crippen molar-refractivity contribution in [1.29, 1.82) is 0 Å². The van der Waals surface area contributed by atoms with Gasteiger partial charge >= 0.3 is 5.97 Å². The van der Waals surface area contributed by atoms with Gasteiger partial charge in [-0.1, -0.05) is 44.2 Å². The summed E-state index contributed by atoms with van der Waals surface area (Å²) in [5.41, 5.74) is 0.849. The van der Waals surface area contributed by atoms with Gasteiger partial charge in [0.15, 0.2) is 0 Å². The lowest BCUT2D eigenvalue weighted by Crippen LogP contribution is -2.58. The normalized spacial score (nSPS) is 32.3. The first-order valence-corrected chi connectivity index (χ1v) is 14.8. The van der Waals surface area contributed by atoms with E-state index in [2.05, 4.69) is 15.1 Å². The number of nitrogens with zero attached hydrogens (tertiary/aromatic N) is 4. The Morgan fingerprint density at radius 3 is 2.29 bits per heavy atom. The molecule has 4 bridgehead atoms. The molecule has 4 fully saturated rings. The Morgan fingerprint density at radius 1 is 0.947 bits per heavy atom. The fourth-order valence-corrected chi connectivity index (χ4v) is 8.45. The van der Waals surface area contributed by atoms with Gasteiger partial charge < -0.3 is 9.30 Å². The van der Waals surface area contributed by atoms with Gasteiger partial charge in [-0.3, -0.25) is 9.69 Å². The molecule has 2 aliphatic heterocycles. The standard InChI is InChI=1S/C30H40N4O4/c1-2-38-30(36)28(32-37)27-29(35)34(26-13-6-5-12-25(26)31-27)24-17-21-10-7-11-22(18-24)33(21)23-15-19-8-3-4-9-20(14-19)16-23/h5-6,12-13,19-24,28H,2-4,7-11,14-18H2,1H3/t19?,20?,21-,22+,23?,24?,28?. The minimum atomic E-state index is -1.55. The summed E-state index contributed by atoms with van der Waals surface area (Å²) in [5, 5.41) is 2.99. The number of aromatic nitrogens is 2. The molecule has 2 saturated heterocycles. The van der Waals surface area contributed by atoms with Crippen LogP contribution in [0, 0.1) is 16.7 Å². The van der Waals surface area contributed by atoms with Crippen molar-refractivity contribution in [3.05, 3.63) is 45.2 Å². The second kappa shape index (κ2) is 10.9. The summed E-state index contributed by atoms with van der Waals surface area (Å²) in [6.07, 6.45) is 15.1. The summed E-state index contributed by atoms with van der Waals surface area (Å²) in [6.45, 7) is 1.77. The van der Waals surface area contributed by atoms with Crippen molar-refractivity contribution < 1.29 is 9.53 Å². The van der Waals surface area contributed by atoms with Crippen molar-refractivity contribution in [1.82, 2.24) is 14.5 Å². The summed E-state index contributed by atoms with van der Waals surface area (Å²) in [6, 6.07) is 7.58. The number of para-hydroxylation sites is 2. The summed E-state index contributed by atoms with van der Waals surface area (Å²) in [7, 11) is 0. The third-order valence-corrected chi connectivity index (χ3v) is 9.84. The van der Waals surface area contributed by atoms with Gasteiger partial charge in [-0.05, 0) is 81.0 Å². The van der Waals surface area contributed by atoms with Crippen molar-refractivity contribution in [2.24, 2.45) is 17.0 Å². The molecule has 3 heterocycles. The van der Waals surface area contributed by atoms with Crippen molar-refractivity contribution in [2.75, 3.05) is 6.61 Å². The highest BCUT2D eigenvalue weighted by molar-refractivity contribution is 5.79. The summed E-state index contributed by atoms with van der Waals surface area (Å²) < 4.78 is 6.89. The maximum Gasteiger partial charge on any atom is 0.341 e. The van der Waals surface area contributed by atoms with Gasteiger partial charge in [0.2, 0.25) is 6.04 Å². The number of hydrogen-bond donors (Lipinski definition) is 0. The number of piperidine rings is 2. The Hall–Kier alpha value is -2.61. The largest absolute Gasteiger partial charge is 0.464 e. The van der Waals surface area contributed by atoms with E-state index in [4.69, 9.17) is 4.74 Å². The summed E-state index contributed by atoms with van der Waals surface area (Å²) in [4.78, 5) is 45.6. The van der Waals surface area contributed by atoms with Crippen molar-refractivity contribution >= 4 is 17.0 Å². The molecule has 0 amide bonds. The van der Waals surface area contributed by atoms with E-state index >= 15 is 0 Å². The number of fused-ring (bicyclic) bond motifs is 5. The molecule has 4 unspecified atom stereocenters. The van der Waals surface area contributed by atoms with E-state index in [1.54, 1.807) is 6.92 Å². The molecule has 1 aromatic heterocycles. The number of carbonyl (C=O) groups excluding carboxylic acids is 1. The zero-order chi connectivity index (χ0) is 26.2. The van der Waals surface area contributed by atoms with Crippen LogP contribution in [0.4, 0.5) is 0 Å². The van der Waals surface area contributed by atoms with E-state index < -0.39 is 12.0 Å². The van der Waals surface area contributed by atoms with Crippen LogP contribution in [-0.2, 0) is 9.53 Å². The number of benzene rings is 1. The van der Waals surface area contributed by atoms with Gasteiger partial charge in [0.25, 0.3) is 5.56 Å². The molecule has 6 rings (SSSR count).